The summed E-state index contributed by atoms with van der Waals surface area (Å²) in [4.78, 5) is 0. The van der Waals surface area contributed by atoms with Crippen LogP contribution in [-0.4, -0.2) is 11.7 Å². The Morgan fingerprint density at radius 3 is 2.57 bits per heavy atom. The number of ether oxygens (including phenoxy) is 2. The van der Waals surface area contributed by atoms with Gasteiger partial charge in [0.05, 0.1) is 12.6 Å². The largest absolute Gasteiger partial charge is 0.493 e. The van der Waals surface area contributed by atoms with Crippen molar-refractivity contribution in [2.75, 3.05) is 7.11 Å². The molecule has 0 amide bonds. The Hall–Kier alpha value is -2.49. The average Bonchev–Trinajstić information content (AvgIpc) is 2.83. The van der Waals surface area contributed by atoms with Gasteiger partial charge in [-0.3, -0.25) is 0 Å². The normalized spacial score (nSPS) is 10.8. The van der Waals surface area contributed by atoms with Crippen LogP contribution in [0.1, 0.15) is 5.56 Å². The third kappa shape index (κ3) is 2.44. The maximum absolute atomic E-state index is 14.0. The van der Waals surface area contributed by atoms with Crippen molar-refractivity contribution < 1.29 is 13.9 Å². The molecule has 0 aliphatic rings. The van der Waals surface area contributed by atoms with E-state index in [4.69, 9.17) is 9.47 Å². The van der Waals surface area contributed by atoms with E-state index in [-0.39, 0.29) is 5.82 Å². The van der Waals surface area contributed by atoms with Crippen LogP contribution in [0.15, 0.2) is 48.7 Å². The van der Waals surface area contributed by atoms with Crippen molar-refractivity contribution in [3.63, 3.8) is 0 Å². The van der Waals surface area contributed by atoms with E-state index in [1.165, 1.54) is 6.07 Å². The van der Waals surface area contributed by atoms with Crippen LogP contribution in [0.4, 0.5) is 4.39 Å². The molecular weight excluding hydrogens is 269 g/mol. The summed E-state index contributed by atoms with van der Waals surface area (Å²) >= 11 is 0. The fraction of sp³-hybridized carbons (Fsp3) is 0.176. The summed E-state index contributed by atoms with van der Waals surface area (Å²) in [6.45, 7) is 0.290. The highest BCUT2D eigenvalue weighted by Crippen LogP contribution is 2.29. The summed E-state index contributed by atoms with van der Waals surface area (Å²) in [6.07, 6.45) is 1.89. The van der Waals surface area contributed by atoms with Crippen molar-refractivity contribution in [3.05, 3.63) is 60.0 Å². The van der Waals surface area contributed by atoms with Gasteiger partial charge in [-0.1, -0.05) is 18.2 Å². The van der Waals surface area contributed by atoms with E-state index in [9.17, 15) is 4.39 Å². The summed E-state index contributed by atoms with van der Waals surface area (Å²) < 4.78 is 27.0. The van der Waals surface area contributed by atoms with E-state index in [1.54, 1.807) is 13.2 Å². The van der Waals surface area contributed by atoms with E-state index in [0.717, 1.165) is 11.1 Å². The van der Waals surface area contributed by atoms with Gasteiger partial charge in [0.15, 0.2) is 11.5 Å². The molecule has 0 saturated carbocycles. The molecule has 3 aromatic rings. The number of nitrogens with zero attached hydrogens (tertiary/aromatic N) is 1. The zero-order valence-electron chi connectivity index (χ0n) is 12.0. The van der Waals surface area contributed by atoms with Gasteiger partial charge in [0.1, 0.15) is 12.4 Å². The highest BCUT2D eigenvalue weighted by molar-refractivity contribution is 5.84. The lowest BCUT2D eigenvalue weighted by Gasteiger charge is -2.09. The maximum atomic E-state index is 14.0. The van der Waals surface area contributed by atoms with Crippen molar-refractivity contribution in [1.82, 2.24) is 4.57 Å². The highest BCUT2D eigenvalue weighted by Gasteiger charge is 2.12. The second-order valence-electron chi connectivity index (χ2n) is 4.84. The van der Waals surface area contributed by atoms with Crippen molar-refractivity contribution in [2.45, 2.75) is 6.61 Å². The number of aryl methyl sites for hydroxylation is 1. The first-order valence-corrected chi connectivity index (χ1v) is 6.69. The number of hydrogen-bond acceptors (Lipinski definition) is 2. The summed E-state index contributed by atoms with van der Waals surface area (Å²) in [5.41, 5.74) is 1.67. The van der Waals surface area contributed by atoms with E-state index in [0.29, 0.717) is 23.5 Å². The van der Waals surface area contributed by atoms with E-state index >= 15 is 0 Å². The first-order valence-electron chi connectivity index (χ1n) is 6.69. The zero-order chi connectivity index (χ0) is 14.8. The van der Waals surface area contributed by atoms with Gasteiger partial charge in [0, 0.05) is 24.2 Å². The number of benzene rings is 2. The fourth-order valence-corrected chi connectivity index (χ4v) is 2.50. The number of rotatable bonds is 4. The van der Waals surface area contributed by atoms with E-state index in [2.05, 4.69) is 0 Å². The number of halogens is 1. The smallest absolute Gasteiger partial charge is 0.161 e. The molecule has 0 radical (unpaired) electrons. The van der Waals surface area contributed by atoms with Gasteiger partial charge in [0.25, 0.3) is 0 Å². The Labute approximate surface area is 122 Å². The molecule has 2 aromatic carbocycles. The third-order valence-electron chi connectivity index (χ3n) is 3.49. The first-order chi connectivity index (χ1) is 10.2. The molecular formula is C17H16FNO2. The lowest BCUT2D eigenvalue weighted by Crippen LogP contribution is -1.97. The highest BCUT2D eigenvalue weighted by atomic mass is 19.1. The molecule has 108 valence electrons. The Morgan fingerprint density at radius 1 is 1.05 bits per heavy atom. The SMILES string of the molecule is COc1ccccc1OCc1cn(C)c2cccc(F)c12. The lowest BCUT2D eigenvalue weighted by molar-refractivity contribution is 0.285. The zero-order valence-corrected chi connectivity index (χ0v) is 12.0. The number of aromatic nitrogens is 1. The van der Waals surface area contributed by atoms with Gasteiger partial charge in [-0.15, -0.1) is 0 Å². The van der Waals surface area contributed by atoms with Crippen LogP contribution in [0.25, 0.3) is 10.9 Å². The van der Waals surface area contributed by atoms with Crippen LogP contribution in [0.3, 0.4) is 0 Å². The number of methoxy groups -OCH3 is 1. The first kappa shape index (κ1) is 13.5. The average molecular weight is 285 g/mol. The predicted octanol–water partition coefficient (Wildman–Crippen LogP) is 3.91. The quantitative estimate of drug-likeness (QED) is 0.725. The number of para-hydroxylation sites is 2. The van der Waals surface area contributed by atoms with Crippen LogP contribution >= 0.6 is 0 Å². The summed E-state index contributed by atoms with van der Waals surface area (Å²) in [5.74, 6) is 1.08. The summed E-state index contributed by atoms with van der Waals surface area (Å²) in [5, 5.41) is 0.606. The maximum Gasteiger partial charge on any atom is 0.161 e. The van der Waals surface area contributed by atoms with Gasteiger partial charge >= 0.3 is 0 Å². The van der Waals surface area contributed by atoms with Gasteiger partial charge < -0.3 is 14.0 Å². The molecule has 21 heavy (non-hydrogen) atoms. The standard InChI is InChI=1S/C17H16FNO2/c1-19-10-12(17-13(18)6-5-7-14(17)19)11-21-16-9-4-3-8-15(16)20-2/h3-10H,11H2,1-2H3. The minimum atomic E-state index is -0.230. The van der Waals surface area contributed by atoms with Gasteiger partial charge in [-0.2, -0.15) is 0 Å². The second-order valence-corrected chi connectivity index (χ2v) is 4.84. The predicted molar refractivity (Wildman–Crippen MR) is 80.2 cm³/mol. The van der Waals surface area contributed by atoms with Crippen LogP contribution in [0, 0.1) is 5.82 Å². The minimum Gasteiger partial charge on any atom is -0.493 e. The van der Waals surface area contributed by atoms with Crippen LogP contribution in [0.5, 0.6) is 11.5 Å². The number of hydrogen-bond donors (Lipinski definition) is 0. The van der Waals surface area contributed by atoms with Crippen LogP contribution in [0.2, 0.25) is 0 Å². The fourth-order valence-electron chi connectivity index (χ4n) is 2.50. The molecule has 0 spiro atoms. The van der Waals surface area contributed by atoms with Crippen LogP contribution < -0.4 is 9.47 Å². The van der Waals surface area contributed by atoms with E-state index in [1.807, 2.05) is 48.1 Å². The molecule has 0 fully saturated rings. The monoisotopic (exact) mass is 285 g/mol. The molecule has 0 N–H and O–H groups in total. The van der Waals surface area contributed by atoms with Gasteiger partial charge in [-0.05, 0) is 24.3 Å². The van der Waals surface area contributed by atoms with Crippen molar-refractivity contribution >= 4 is 10.9 Å². The molecule has 3 nitrogen and oxygen atoms in total. The van der Waals surface area contributed by atoms with Crippen molar-refractivity contribution in [2.24, 2.45) is 7.05 Å². The number of fused-ring (bicyclic) bond motifs is 1. The van der Waals surface area contributed by atoms with Gasteiger partial charge in [0.2, 0.25) is 0 Å². The molecule has 0 bridgehead atoms. The molecule has 0 aliphatic carbocycles. The van der Waals surface area contributed by atoms with Crippen molar-refractivity contribution in [3.8, 4) is 11.5 Å². The Morgan fingerprint density at radius 2 is 1.81 bits per heavy atom. The molecule has 1 heterocycles. The Kier molecular flexibility index (Phi) is 3.52. The topological polar surface area (TPSA) is 23.4 Å². The molecule has 0 atom stereocenters. The second kappa shape index (κ2) is 5.48. The molecule has 1 aromatic heterocycles. The molecule has 4 heteroatoms. The molecule has 3 rings (SSSR count). The Balaban J connectivity index is 1.92. The Bertz CT molecular complexity index is 780. The lowest BCUT2D eigenvalue weighted by atomic mass is 10.2. The minimum absolute atomic E-state index is 0.230. The van der Waals surface area contributed by atoms with Crippen molar-refractivity contribution in [1.29, 1.82) is 0 Å². The summed E-state index contributed by atoms with van der Waals surface area (Å²) in [7, 11) is 3.49. The molecule has 0 unspecified atom stereocenters. The van der Waals surface area contributed by atoms with E-state index < -0.39 is 0 Å². The molecule has 0 saturated heterocycles. The molecule has 0 aliphatic heterocycles. The van der Waals surface area contributed by atoms with Crippen LogP contribution in [-0.2, 0) is 13.7 Å². The van der Waals surface area contributed by atoms with Gasteiger partial charge in [-0.25, -0.2) is 4.39 Å². The summed E-state index contributed by atoms with van der Waals surface area (Å²) in [6, 6.07) is 12.5. The third-order valence-corrected chi connectivity index (χ3v) is 3.49.